The van der Waals surface area contributed by atoms with Crippen molar-refractivity contribution in [2.24, 2.45) is 0 Å². The lowest BCUT2D eigenvalue weighted by atomic mass is 10.2. The van der Waals surface area contributed by atoms with Crippen molar-refractivity contribution in [1.82, 2.24) is 9.55 Å². The molecule has 0 aliphatic carbocycles. The van der Waals surface area contributed by atoms with Crippen molar-refractivity contribution >= 4 is 28.4 Å². The first-order valence-electron chi connectivity index (χ1n) is 10.3. The average Bonchev–Trinajstić information content (AvgIpc) is 2.85. The molecule has 1 aromatic heterocycles. The van der Waals surface area contributed by atoms with Crippen LogP contribution in [0.3, 0.4) is 0 Å². The van der Waals surface area contributed by atoms with E-state index in [2.05, 4.69) is 0 Å². The summed E-state index contributed by atoms with van der Waals surface area (Å²) in [6.07, 6.45) is -0.348. The molecule has 166 valence electrons. The molecule has 33 heavy (non-hydrogen) atoms. The molecule has 4 aromatic rings. The summed E-state index contributed by atoms with van der Waals surface area (Å²) in [4.78, 5) is 28.5. The Bertz CT molecular complexity index is 1390. The second kappa shape index (κ2) is 8.95. The van der Waals surface area contributed by atoms with Crippen LogP contribution in [0.15, 0.2) is 82.7 Å². The fourth-order valence-electron chi connectivity index (χ4n) is 3.64. The largest absolute Gasteiger partial charge is 0.486 e. The molecule has 3 aromatic carbocycles. The zero-order chi connectivity index (χ0) is 22.8. The molecule has 0 bridgehead atoms. The Morgan fingerprint density at radius 2 is 1.76 bits per heavy atom. The number of thioether (sulfide) groups is 1. The maximum atomic E-state index is 13.3. The van der Waals surface area contributed by atoms with Gasteiger partial charge in [0.1, 0.15) is 6.61 Å². The number of ether oxygens (including phenoxy) is 2. The fourth-order valence-corrected chi connectivity index (χ4v) is 4.60. The molecule has 0 fully saturated rings. The minimum atomic E-state index is -0.427. The van der Waals surface area contributed by atoms with Gasteiger partial charge in [-0.25, -0.2) is 4.98 Å². The molecule has 0 spiro atoms. The number of benzene rings is 3. The van der Waals surface area contributed by atoms with Crippen LogP contribution in [0.5, 0.6) is 11.5 Å². The number of hydrogen-bond donors (Lipinski definition) is 0. The molecule has 1 aliphatic rings. The van der Waals surface area contributed by atoms with Gasteiger partial charge in [0.25, 0.3) is 11.2 Å². The normalized spacial score (nSPS) is 14.8. The first-order chi connectivity index (χ1) is 16.1. The van der Waals surface area contributed by atoms with Crippen LogP contribution in [0.4, 0.5) is 5.69 Å². The monoisotopic (exact) mass is 461 g/mol. The number of para-hydroxylation sites is 3. The van der Waals surface area contributed by atoms with Crippen LogP contribution in [0.1, 0.15) is 5.56 Å². The lowest BCUT2D eigenvalue weighted by Gasteiger charge is -2.27. The molecule has 0 saturated carbocycles. The number of aromatic nitrogens is 2. The lowest BCUT2D eigenvalue weighted by molar-refractivity contribution is -0.384. The van der Waals surface area contributed by atoms with Crippen molar-refractivity contribution < 1.29 is 14.4 Å². The molecule has 0 unspecified atom stereocenters. The third kappa shape index (κ3) is 4.40. The number of fused-ring (bicyclic) bond motifs is 2. The molecule has 8 nitrogen and oxygen atoms in total. The summed E-state index contributed by atoms with van der Waals surface area (Å²) in [5, 5.41) is 12.0. The van der Waals surface area contributed by atoms with Gasteiger partial charge in [0.05, 0.1) is 22.4 Å². The van der Waals surface area contributed by atoms with E-state index in [1.807, 2.05) is 42.5 Å². The summed E-state index contributed by atoms with van der Waals surface area (Å²) < 4.78 is 13.5. The quantitative estimate of drug-likeness (QED) is 0.181. The predicted octanol–water partition coefficient (Wildman–Crippen LogP) is 4.44. The van der Waals surface area contributed by atoms with E-state index in [1.165, 1.54) is 23.9 Å². The Labute approximate surface area is 192 Å². The van der Waals surface area contributed by atoms with E-state index in [1.54, 1.807) is 22.8 Å². The highest BCUT2D eigenvalue weighted by atomic mass is 32.2. The summed E-state index contributed by atoms with van der Waals surface area (Å²) in [5.74, 6) is 1.84. The third-order valence-corrected chi connectivity index (χ3v) is 6.34. The molecular formula is C24H19N3O5S. The SMILES string of the molecule is O=c1c2ccccc2nc(SCc2ccc([N+](=O)[O-])cc2)n1C[C@@H]1COc2ccccc2O1. The standard InChI is InChI=1S/C24H19N3O5S/c28-23-19-5-1-2-6-20(19)25-24(33-15-16-9-11-17(12-10-16)27(29)30)26(23)13-18-14-31-21-7-3-4-8-22(21)32-18/h1-12,18H,13-15H2/t18-/m1/s1. The van der Waals surface area contributed by atoms with Crippen LogP contribution in [0.25, 0.3) is 10.9 Å². The number of nitro groups is 1. The molecule has 5 rings (SSSR count). The second-order valence-electron chi connectivity index (χ2n) is 7.54. The minimum Gasteiger partial charge on any atom is -0.486 e. The highest BCUT2D eigenvalue weighted by Crippen LogP contribution is 2.32. The Hall–Kier alpha value is -3.85. The van der Waals surface area contributed by atoms with Crippen LogP contribution in [-0.2, 0) is 12.3 Å². The van der Waals surface area contributed by atoms with Gasteiger partial charge in [-0.15, -0.1) is 0 Å². The summed E-state index contributed by atoms with van der Waals surface area (Å²) in [7, 11) is 0. The summed E-state index contributed by atoms with van der Waals surface area (Å²) in [6.45, 7) is 0.607. The molecule has 0 radical (unpaired) electrons. The van der Waals surface area contributed by atoms with Crippen LogP contribution in [-0.4, -0.2) is 27.2 Å². The first kappa shape index (κ1) is 21.0. The maximum absolute atomic E-state index is 13.3. The third-order valence-electron chi connectivity index (χ3n) is 5.30. The van der Waals surface area contributed by atoms with Crippen molar-refractivity contribution in [3.05, 3.63) is 98.8 Å². The van der Waals surface area contributed by atoms with Crippen molar-refractivity contribution in [1.29, 1.82) is 0 Å². The molecule has 0 amide bonds. The Balaban J connectivity index is 1.44. The molecule has 2 heterocycles. The smallest absolute Gasteiger partial charge is 0.269 e. The number of hydrogen-bond acceptors (Lipinski definition) is 7. The van der Waals surface area contributed by atoms with Crippen LogP contribution < -0.4 is 15.0 Å². The van der Waals surface area contributed by atoms with E-state index in [-0.39, 0.29) is 23.9 Å². The molecule has 1 atom stereocenters. The summed E-state index contributed by atoms with van der Waals surface area (Å²) >= 11 is 1.40. The lowest BCUT2D eigenvalue weighted by Crippen LogP contribution is -2.37. The maximum Gasteiger partial charge on any atom is 0.269 e. The van der Waals surface area contributed by atoms with Crippen molar-refractivity contribution in [2.75, 3.05) is 6.61 Å². The van der Waals surface area contributed by atoms with Gasteiger partial charge in [-0.3, -0.25) is 19.5 Å². The topological polar surface area (TPSA) is 96.5 Å². The number of non-ortho nitro benzene ring substituents is 1. The highest BCUT2D eigenvalue weighted by molar-refractivity contribution is 7.98. The Kier molecular flexibility index (Phi) is 5.70. The molecule has 0 saturated heterocycles. The van der Waals surface area contributed by atoms with Crippen LogP contribution in [0, 0.1) is 10.1 Å². The van der Waals surface area contributed by atoms with Crippen LogP contribution in [0.2, 0.25) is 0 Å². The van der Waals surface area contributed by atoms with Gasteiger partial charge in [-0.05, 0) is 29.8 Å². The second-order valence-corrected chi connectivity index (χ2v) is 8.48. The average molecular weight is 461 g/mol. The van der Waals surface area contributed by atoms with Crippen molar-refractivity contribution in [2.45, 2.75) is 23.6 Å². The minimum absolute atomic E-state index is 0.0409. The van der Waals surface area contributed by atoms with E-state index in [0.717, 1.165) is 5.56 Å². The summed E-state index contributed by atoms with van der Waals surface area (Å²) in [5.41, 5.74) is 1.41. The van der Waals surface area contributed by atoms with E-state index in [9.17, 15) is 14.9 Å². The molecule has 9 heteroatoms. The Morgan fingerprint density at radius 1 is 1.03 bits per heavy atom. The van der Waals surface area contributed by atoms with Gasteiger partial charge < -0.3 is 9.47 Å². The van der Waals surface area contributed by atoms with E-state index < -0.39 is 4.92 Å². The molecule has 1 aliphatic heterocycles. The first-order valence-corrected chi connectivity index (χ1v) is 11.3. The van der Waals surface area contributed by atoms with Crippen molar-refractivity contribution in [3.63, 3.8) is 0 Å². The van der Waals surface area contributed by atoms with Crippen molar-refractivity contribution in [3.8, 4) is 11.5 Å². The van der Waals surface area contributed by atoms with Gasteiger partial charge in [0.15, 0.2) is 22.8 Å². The van der Waals surface area contributed by atoms with E-state index in [0.29, 0.717) is 39.9 Å². The van der Waals surface area contributed by atoms with Gasteiger partial charge in [-0.1, -0.05) is 48.2 Å². The molecular weight excluding hydrogens is 442 g/mol. The highest BCUT2D eigenvalue weighted by Gasteiger charge is 2.23. The summed E-state index contributed by atoms with van der Waals surface area (Å²) in [6, 6.07) is 21.1. The predicted molar refractivity (Wildman–Crippen MR) is 125 cm³/mol. The number of nitro benzene ring substituents is 1. The zero-order valence-corrected chi connectivity index (χ0v) is 18.2. The zero-order valence-electron chi connectivity index (χ0n) is 17.4. The van der Waals surface area contributed by atoms with E-state index in [4.69, 9.17) is 14.5 Å². The number of nitrogens with zero attached hydrogens (tertiary/aromatic N) is 3. The van der Waals surface area contributed by atoms with Gasteiger partial charge in [0, 0.05) is 17.9 Å². The van der Waals surface area contributed by atoms with Gasteiger partial charge in [0.2, 0.25) is 0 Å². The Morgan fingerprint density at radius 3 is 2.55 bits per heavy atom. The van der Waals surface area contributed by atoms with E-state index >= 15 is 0 Å². The molecule has 0 N–H and O–H groups in total. The fraction of sp³-hybridized carbons (Fsp3) is 0.167. The number of rotatable bonds is 6. The van der Waals surface area contributed by atoms with Crippen LogP contribution >= 0.6 is 11.8 Å². The van der Waals surface area contributed by atoms with Gasteiger partial charge >= 0.3 is 0 Å². The van der Waals surface area contributed by atoms with Gasteiger partial charge in [-0.2, -0.15) is 0 Å².